The Labute approximate surface area is 144 Å². The lowest BCUT2D eigenvalue weighted by molar-refractivity contribution is -0.672. The van der Waals surface area contributed by atoms with Crippen LogP contribution in [0.3, 0.4) is 0 Å². The highest BCUT2D eigenvalue weighted by atomic mass is 15.0. The van der Waals surface area contributed by atoms with Crippen LogP contribution in [-0.4, -0.2) is 0 Å². The molecule has 0 N–H and O–H groups in total. The maximum atomic E-state index is 2.38. The third-order valence-electron chi connectivity index (χ3n) is 4.94. The summed E-state index contributed by atoms with van der Waals surface area (Å²) in [5.74, 6) is 0. The van der Waals surface area contributed by atoms with Gasteiger partial charge in [0.2, 0.25) is 5.69 Å². The second-order valence-corrected chi connectivity index (χ2v) is 7.89. The average molecular weight is 314 g/mol. The lowest BCUT2D eigenvalue weighted by atomic mass is 9.81. The maximum Gasteiger partial charge on any atom is 0.213 e. The molecule has 1 aliphatic heterocycles. The van der Waals surface area contributed by atoms with Gasteiger partial charge in [-0.05, 0) is 47.2 Å². The average Bonchev–Trinajstić information content (AvgIpc) is 2.90. The van der Waals surface area contributed by atoms with Gasteiger partial charge in [-0.25, -0.2) is 0 Å². The van der Waals surface area contributed by atoms with Crippen LogP contribution < -0.4 is 4.57 Å². The van der Waals surface area contributed by atoms with Gasteiger partial charge in [0.05, 0.1) is 5.56 Å². The van der Waals surface area contributed by atoms with E-state index in [0.717, 1.165) is 6.54 Å². The quantitative estimate of drug-likeness (QED) is 0.421. The van der Waals surface area contributed by atoms with Crippen LogP contribution in [0.15, 0.2) is 60.8 Å². The molecule has 0 atom stereocenters. The zero-order valence-corrected chi connectivity index (χ0v) is 14.9. The Hall–Kier alpha value is -2.41. The van der Waals surface area contributed by atoms with Gasteiger partial charge in [0, 0.05) is 17.2 Å². The van der Waals surface area contributed by atoms with Crippen molar-refractivity contribution in [1.82, 2.24) is 0 Å². The molecule has 1 aromatic heterocycles. The molecule has 0 spiro atoms. The number of fused-ring (bicyclic) bond motifs is 3. The highest BCUT2D eigenvalue weighted by Gasteiger charge is 2.26. The minimum absolute atomic E-state index is 0.143. The molecule has 0 amide bonds. The summed E-state index contributed by atoms with van der Waals surface area (Å²) in [6.07, 6.45) is 2.25. The summed E-state index contributed by atoms with van der Waals surface area (Å²) in [6, 6.07) is 20.2. The van der Waals surface area contributed by atoms with Gasteiger partial charge in [-0.2, -0.15) is 4.57 Å². The first-order valence-electron chi connectivity index (χ1n) is 8.67. The van der Waals surface area contributed by atoms with Crippen LogP contribution in [-0.2, 0) is 12.0 Å². The van der Waals surface area contributed by atoms with E-state index in [2.05, 4.69) is 93.1 Å². The number of aromatic nitrogens is 1. The fourth-order valence-corrected chi connectivity index (χ4v) is 3.75. The van der Waals surface area contributed by atoms with Crippen molar-refractivity contribution in [3.8, 4) is 22.4 Å². The molecule has 2 heterocycles. The van der Waals surface area contributed by atoms with Crippen molar-refractivity contribution in [2.45, 2.75) is 39.7 Å². The van der Waals surface area contributed by atoms with E-state index in [-0.39, 0.29) is 5.41 Å². The van der Waals surface area contributed by atoms with Gasteiger partial charge in [0.1, 0.15) is 0 Å². The van der Waals surface area contributed by atoms with E-state index >= 15 is 0 Å². The van der Waals surface area contributed by atoms with E-state index in [9.17, 15) is 0 Å². The Kier molecular flexibility index (Phi) is 3.35. The molecule has 120 valence electrons. The molecule has 0 saturated heterocycles. The molecule has 3 aromatic rings. The standard InChI is InChI=1S/C23H24N/c1-16-9-12-22-20-11-10-17(13-18(20)15-24(22)14-16)19-7-5-6-8-21(19)23(2,3)4/h5-14H,15H2,1-4H3/q+1. The SMILES string of the molecule is Cc1ccc2[n+](c1)Cc1cc(-c3ccccc3C(C)(C)C)ccc1-2. The fraction of sp³-hybridized carbons (Fsp3) is 0.261. The van der Waals surface area contributed by atoms with Crippen molar-refractivity contribution in [3.05, 3.63) is 77.5 Å². The number of rotatable bonds is 1. The van der Waals surface area contributed by atoms with Crippen LogP contribution in [0.25, 0.3) is 22.4 Å². The number of benzene rings is 2. The third-order valence-corrected chi connectivity index (χ3v) is 4.94. The van der Waals surface area contributed by atoms with Gasteiger partial charge < -0.3 is 0 Å². The Morgan fingerprint density at radius 1 is 0.875 bits per heavy atom. The predicted molar refractivity (Wildman–Crippen MR) is 100 cm³/mol. The summed E-state index contributed by atoms with van der Waals surface area (Å²) in [7, 11) is 0. The topological polar surface area (TPSA) is 3.88 Å². The second kappa shape index (κ2) is 5.31. The predicted octanol–water partition coefficient (Wildman–Crippen LogP) is 5.28. The minimum Gasteiger partial charge on any atom is -0.194 e. The van der Waals surface area contributed by atoms with E-state index in [4.69, 9.17) is 0 Å². The molecule has 4 rings (SSSR count). The Bertz CT molecular complexity index is 929. The molecular formula is C23H24N+. The van der Waals surface area contributed by atoms with Gasteiger partial charge in [-0.3, -0.25) is 0 Å². The summed E-state index contributed by atoms with van der Waals surface area (Å²) in [6.45, 7) is 9.98. The zero-order valence-electron chi connectivity index (χ0n) is 14.9. The van der Waals surface area contributed by atoms with Crippen LogP contribution in [0.5, 0.6) is 0 Å². The highest BCUT2D eigenvalue weighted by molar-refractivity contribution is 5.74. The Morgan fingerprint density at radius 3 is 2.46 bits per heavy atom. The summed E-state index contributed by atoms with van der Waals surface area (Å²) in [5.41, 5.74) is 9.65. The second-order valence-electron chi connectivity index (χ2n) is 7.89. The van der Waals surface area contributed by atoms with E-state index in [1.54, 1.807) is 0 Å². The van der Waals surface area contributed by atoms with Crippen molar-refractivity contribution in [3.63, 3.8) is 0 Å². The van der Waals surface area contributed by atoms with Crippen LogP contribution in [0.2, 0.25) is 0 Å². The Balaban J connectivity index is 1.83. The first kappa shape index (κ1) is 15.1. The summed E-state index contributed by atoms with van der Waals surface area (Å²) < 4.78 is 2.36. The molecule has 0 unspecified atom stereocenters. The van der Waals surface area contributed by atoms with E-state index in [1.807, 2.05) is 0 Å². The molecule has 2 aromatic carbocycles. The molecular weight excluding hydrogens is 290 g/mol. The van der Waals surface area contributed by atoms with Crippen molar-refractivity contribution >= 4 is 0 Å². The van der Waals surface area contributed by atoms with Crippen molar-refractivity contribution < 1.29 is 4.57 Å². The van der Waals surface area contributed by atoms with Gasteiger partial charge >= 0.3 is 0 Å². The number of aryl methyl sites for hydroxylation is 1. The fourth-order valence-electron chi connectivity index (χ4n) is 3.75. The van der Waals surface area contributed by atoms with Gasteiger partial charge in [-0.15, -0.1) is 0 Å². The summed E-state index contributed by atoms with van der Waals surface area (Å²) in [4.78, 5) is 0. The van der Waals surface area contributed by atoms with E-state index in [0.29, 0.717) is 0 Å². The molecule has 1 heteroatoms. The van der Waals surface area contributed by atoms with Crippen molar-refractivity contribution in [2.24, 2.45) is 0 Å². The zero-order chi connectivity index (χ0) is 16.9. The molecule has 0 fully saturated rings. The monoisotopic (exact) mass is 314 g/mol. The maximum absolute atomic E-state index is 2.38. The smallest absolute Gasteiger partial charge is 0.194 e. The van der Waals surface area contributed by atoms with E-state index in [1.165, 1.54) is 39.1 Å². The highest BCUT2D eigenvalue weighted by Crippen LogP contribution is 2.36. The van der Waals surface area contributed by atoms with Crippen molar-refractivity contribution in [2.75, 3.05) is 0 Å². The third kappa shape index (κ3) is 2.45. The van der Waals surface area contributed by atoms with Gasteiger partial charge in [-0.1, -0.05) is 51.1 Å². The van der Waals surface area contributed by atoms with Crippen LogP contribution in [0.1, 0.15) is 37.5 Å². The summed E-state index contributed by atoms with van der Waals surface area (Å²) >= 11 is 0. The minimum atomic E-state index is 0.143. The lowest BCUT2D eigenvalue weighted by Crippen LogP contribution is -2.32. The molecule has 0 bridgehead atoms. The number of hydrogen-bond donors (Lipinski definition) is 0. The molecule has 0 saturated carbocycles. The first-order valence-corrected chi connectivity index (χ1v) is 8.67. The van der Waals surface area contributed by atoms with Gasteiger partial charge in [0.15, 0.2) is 12.7 Å². The van der Waals surface area contributed by atoms with Crippen LogP contribution in [0, 0.1) is 6.92 Å². The number of hydrogen-bond acceptors (Lipinski definition) is 0. The first-order chi connectivity index (χ1) is 11.4. The number of pyridine rings is 1. The largest absolute Gasteiger partial charge is 0.213 e. The lowest BCUT2D eigenvalue weighted by Gasteiger charge is -2.23. The van der Waals surface area contributed by atoms with Crippen LogP contribution in [0.4, 0.5) is 0 Å². The molecule has 1 aliphatic rings. The molecule has 1 nitrogen and oxygen atoms in total. The van der Waals surface area contributed by atoms with E-state index < -0.39 is 0 Å². The molecule has 24 heavy (non-hydrogen) atoms. The summed E-state index contributed by atoms with van der Waals surface area (Å²) in [5, 5.41) is 0. The van der Waals surface area contributed by atoms with Crippen LogP contribution >= 0.6 is 0 Å². The Morgan fingerprint density at radius 2 is 1.67 bits per heavy atom. The molecule has 0 radical (unpaired) electrons. The van der Waals surface area contributed by atoms with Crippen molar-refractivity contribution in [1.29, 1.82) is 0 Å². The normalized spacial score (nSPS) is 12.8. The number of nitrogens with zero attached hydrogens (tertiary/aromatic N) is 1. The van der Waals surface area contributed by atoms with Gasteiger partial charge in [0.25, 0.3) is 0 Å². The molecule has 0 aliphatic carbocycles.